The Kier molecular flexibility index (Phi) is 2.63. The summed E-state index contributed by atoms with van der Waals surface area (Å²) in [5.74, 6) is -0.604. The number of ether oxygens (including phenoxy) is 3. The van der Waals surface area contributed by atoms with Gasteiger partial charge < -0.3 is 19.3 Å². The number of rotatable bonds is 1. The van der Waals surface area contributed by atoms with Crippen LogP contribution in [0.15, 0.2) is 0 Å². The van der Waals surface area contributed by atoms with Crippen molar-refractivity contribution in [2.75, 3.05) is 7.11 Å². The van der Waals surface area contributed by atoms with Crippen LogP contribution in [0.5, 0.6) is 0 Å². The molecule has 6 atom stereocenters. The highest BCUT2D eigenvalue weighted by Gasteiger charge is 2.74. The van der Waals surface area contributed by atoms with Crippen LogP contribution in [-0.2, 0) is 14.2 Å². The first-order valence-corrected chi connectivity index (χ1v) is 6.87. The minimum Gasteiger partial charge on any atom is -0.391 e. The van der Waals surface area contributed by atoms with Crippen LogP contribution in [0.1, 0.15) is 33.6 Å². The molecule has 1 saturated heterocycles. The maximum absolute atomic E-state index is 9.94. The van der Waals surface area contributed by atoms with Crippen LogP contribution in [0, 0.1) is 5.41 Å². The Balaban J connectivity index is 1.94. The molecule has 1 N–H and O–H groups in total. The molecular weight excluding hydrogens is 256 g/mol. The largest absolute Gasteiger partial charge is 0.391 e. The molecule has 0 radical (unpaired) electrons. The molecule has 1 heterocycles. The van der Waals surface area contributed by atoms with Crippen LogP contribution in [0.3, 0.4) is 0 Å². The lowest BCUT2D eigenvalue weighted by molar-refractivity contribution is -0.204. The second-order valence-electron chi connectivity index (χ2n) is 6.45. The standard InChI is InChI=1S/C13H21ClO4/c1-11(2)17-9-7(16-4)5-13(10(9)18-11)6-8(15)12(13,3)14/h7-10,15H,5-6H2,1-4H3/t7-,8?,9?,10?,12-,13-/m1/s1. The lowest BCUT2D eigenvalue weighted by Gasteiger charge is -2.58. The SMILES string of the molecule is CO[C@@H]1C[C@@]2(CC(O)[C@@]2(C)Cl)C2OC(C)(C)OC21. The molecule has 18 heavy (non-hydrogen) atoms. The molecule has 1 aliphatic heterocycles. The monoisotopic (exact) mass is 276 g/mol. The van der Waals surface area contributed by atoms with Gasteiger partial charge >= 0.3 is 0 Å². The Morgan fingerprint density at radius 1 is 1.22 bits per heavy atom. The third-order valence-corrected chi connectivity index (χ3v) is 5.69. The highest BCUT2D eigenvalue weighted by atomic mass is 35.5. The van der Waals surface area contributed by atoms with E-state index < -0.39 is 16.8 Å². The summed E-state index contributed by atoms with van der Waals surface area (Å²) in [6, 6.07) is 0. The topological polar surface area (TPSA) is 47.9 Å². The Morgan fingerprint density at radius 2 is 1.89 bits per heavy atom. The van der Waals surface area contributed by atoms with Gasteiger partial charge in [-0.1, -0.05) is 0 Å². The fraction of sp³-hybridized carbons (Fsp3) is 1.00. The lowest BCUT2D eigenvalue weighted by atomic mass is 9.56. The van der Waals surface area contributed by atoms with E-state index in [2.05, 4.69) is 0 Å². The third kappa shape index (κ3) is 1.41. The van der Waals surface area contributed by atoms with Gasteiger partial charge in [-0.05, 0) is 33.6 Å². The van der Waals surface area contributed by atoms with Crippen LogP contribution in [0.25, 0.3) is 0 Å². The van der Waals surface area contributed by atoms with Crippen molar-refractivity contribution >= 4 is 11.6 Å². The average molecular weight is 277 g/mol. The number of aliphatic hydroxyl groups excluding tert-OH is 1. The van der Waals surface area contributed by atoms with Crippen molar-refractivity contribution in [3.8, 4) is 0 Å². The number of fused-ring (bicyclic) bond motifs is 2. The van der Waals surface area contributed by atoms with Gasteiger partial charge in [0.05, 0.1) is 23.2 Å². The summed E-state index contributed by atoms with van der Waals surface area (Å²) in [6.45, 7) is 5.71. The van der Waals surface area contributed by atoms with Crippen LogP contribution in [0.4, 0.5) is 0 Å². The van der Waals surface area contributed by atoms with Gasteiger partial charge in [0.2, 0.25) is 0 Å². The van der Waals surface area contributed by atoms with Gasteiger partial charge in [0, 0.05) is 12.5 Å². The Hall–Kier alpha value is 0.130. The van der Waals surface area contributed by atoms with Gasteiger partial charge in [-0.25, -0.2) is 0 Å². The van der Waals surface area contributed by atoms with E-state index in [0.29, 0.717) is 6.42 Å². The second-order valence-corrected chi connectivity index (χ2v) is 7.24. The van der Waals surface area contributed by atoms with Gasteiger partial charge in [-0.3, -0.25) is 0 Å². The maximum Gasteiger partial charge on any atom is 0.163 e. The lowest BCUT2D eigenvalue weighted by Crippen LogP contribution is -2.66. The van der Waals surface area contributed by atoms with E-state index in [1.807, 2.05) is 20.8 Å². The second kappa shape index (κ2) is 3.61. The molecule has 3 rings (SSSR count). The minimum absolute atomic E-state index is 0.0117. The Labute approximate surface area is 113 Å². The summed E-state index contributed by atoms with van der Waals surface area (Å²) in [5, 5.41) is 9.94. The fourth-order valence-corrected chi connectivity index (χ4v) is 4.25. The molecule has 1 spiro atoms. The summed E-state index contributed by atoms with van der Waals surface area (Å²) >= 11 is 6.56. The van der Waals surface area contributed by atoms with Crippen LogP contribution >= 0.6 is 11.6 Å². The fourth-order valence-electron chi connectivity index (χ4n) is 3.91. The minimum atomic E-state index is -0.660. The van der Waals surface area contributed by atoms with Crippen LogP contribution in [-0.4, -0.2) is 47.3 Å². The van der Waals surface area contributed by atoms with Crippen LogP contribution < -0.4 is 0 Å². The van der Waals surface area contributed by atoms with E-state index in [1.54, 1.807) is 7.11 Å². The normalized spacial score (nSPS) is 57.7. The van der Waals surface area contributed by atoms with E-state index in [9.17, 15) is 5.11 Å². The highest BCUT2D eigenvalue weighted by molar-refractivity contribution is 6.25. The molecule has 3 unspecified atom stereocenters. The van der Waals surface area contributed by atoms with E-state index in [1.165, 1.54) is 0 Å². The number of hydrogen-bond donors (Lipinski definition) is 1. The number of aliphatic hydroxyl groups is 1. The van der Waals surface area contributed by atoms with E-state index in [4.69, 9.17) is 25.8 Å². The highest BCUT2D eigenvalue weighted by Crippen LogP contribution is 2.66. The van der Waals surface area contributed by atoms with Gasteiger partial charge in [0.25, 0.3) is 0 Å². The number of hydrogen-bond acceptors (Lipinski definition) is 4. The first-order chi connectivity index (χ1) is 8.23. The molecule has 2 aliphatic carbocycles. The molecule has 0 aromatic rings. The molecule has 0 aromatic heterocycles. The van der Waals surface area contributed by atoms with E-state index in [-0.39, 0.29) is 23.7 Å². The average Bonchev–Trinajstić information content (AvgIpc) is 2.73. The summed E-state index contributed by atoms with van der Waals surface area (Å²) in [6.07, 6.45) is 0.767. The zero-order chi connectivity index (χ0) is 13.3. The number of methoxy groups -OCH3 is 1. The van der Waals surface area contributed by atoms with Gasteiger partial charge in [0.15, 0.2) is 5.79 Å². The zero-order valence-electron chi connectivity index (χ0n) is 11.3. The van der Waals surface area contributed by atoms with E-state index >= 15 is 0 Å². The van der Waals surface area contributed by atoms with Crippen molar-refractivity contribution in [2.24, 2.45) is 5.41 Å². The molecule has 0 bridgehead atoms. The molecule has 104 valence electrons. The molecule has 5 heteroatoms. The smallest absolute Gasteiger partial charge is 0.163 e. The Bertz CT molecular complexity index is 370. The van der Waals surface area contributed by atoms with E-state index in [0.717, 1.165) is 6.42 Å². The molecule has 0 aromatic carbocycles. The predicted octanol–water partition coefficient (Wildman–Crippen LogP) is 1.67. The van der Waals surface area contributed by atoms with Crippen molar-refractivity contribution in [1.29, 1.82) is 0 Å². The van der Waals surface area contributed by atoms with Crippen molar-refractivity contribution in [3.05, 3.63) is 0 Å². The summed E-state index contributed by atoms with van der Waals surface area (Å²) < 4.78 is 17.5. The molecule has 4 nitrogen and oxygen atoms in total. The summed E-state index contributed by atoms with van der Waals surface area (Å²) in [7, 11) is 1.69. The summed E-state index contributed by atoms with van der Waals surface area (Å²) in [5.41, 5.74) is -0.243. The summed E-state index contributed by atoms with van der Waals surface area (Å²) in [4.78, 5) is -0.660. The molecular formula is C13H21ClO4. The molecule has 3 fully saturated rings. The quantitative estimate of drug-likeness (QED) is 0.740. The van der Waals surface area contributed by atoms with Crippen LogP contribution in [0.2, 0.25) is 0 Å². The zero-order valence-corrected chi connectivity index (χ0v) is 12.0. The van der Waals surface area contributed by atoms with Crippen molar-refractivity contribution in [2.45, 2.75) is 68.7 Å². The van der Waals surface area contributed by atoms with Gasteiger partial charge in [-0.2, -0.15) is 0 Å². The number of alkyl halides is 1. The Morgan fingerprint density at radius 3 is 2.39 bits per heavy atom. The molecule has 3 aliphatic rings. The predicted molar refractivity (Wildman–Crippen MR) is 66.6 cm³/mol. The van der Waals surface area contributed by atoms with Gasteiger partial charge in [-0.15, -0.1) is 11.6 Å². The van der Waals surface area contributed by atoms with Crippen molar-refractivity contribution < 1.29 is 19.3 Å². The first-order valence-electron chi connectivity index (χ1n) is 6.49. The van der Waals surface area contributed by atoms with Crippen molar-refractivity contribution in [3.63, 3.8) is 0 Å². The van der Waals surface area contributed by atoms with Gasteiger partial charge in [0.1, 0.15) is 6.10 Å². The third-order valence-electron chi connectivity index (χ3n) is 5.07. The molecule has 0 amide bonds. The maximum atomic E-state index is 9.94. The van der Waals surface area contributed by atoms with Crippen molar-refractivity contribution in [1.82, 2.24) is 0 Å². The first kappa shape index (κ1) is 13.1. The molecule has 2 saturated carbocycles. The number of halogens is 1.